The number of methoxy groups -OCH3 is 2. The summed E-state index contributed by atoms with van der Waals surface area (Å²) >= 11 is 0. The predicted molar refractivity (Wildman–Crippen MR) is 139 cm³/mol. The van der Waals surface area contributed by atoms with Crippen LogP contribution in [0.25, 0.3) is 0 Å². The molecular formula is C30H48O6. The summed E-state index contributed by atoms with van der Waals surface area (Å²) in [6.07, 6.45) is 10.7. The Bertz CT molecular complexity index is 905. The molecular weight excluding hydrogens is 456 g/mol. The van der Waals surface area contributed by atoms with E-state index in [4.69, 9.17) is 9.47 Å². The van der Waals surface area contributed by atoms with E-state index in [1.54, 1.807) is 7.11 Å². The van der Waals surface area contributed by atoms with Crippen molar-refractivity contribution >= 4 is 5.97 Å². The topological polar surface area (TPSA) is 96.2 Å². The van der Waals surface area contributed by atoms with E-state index in [1.807, 2.05) is 0 Å². The van der Waals surface area contributed by atoms with Crippen molar-refractivity contribution in [1.29, 1.82) is 0 Å². The molecule has 0 aromatic carbocycles. The van der Waals surface area contributed by atoms with Gasteiger partial charge >= 0.3 is 5.97 Å². The van der Waals surface area contributed by atoms with Crippen LogP contribution in [-0.2, 0) is 14.3 Å². The number of rotatable bonds is 9. The molecule has 0 heterocycles. The minimum atomic E-state index is -1.95. The Hall–Kier alpha value is -1.21. The Morgan fingerprint density at radius 3 is 2.56 bits per heavy atom. The average Bonchev–Trinajstić information content (AvgIpc) is 3.34. The number of allylic oxidation sites excluding steroid dienone is 1. The lowest BCUT2D eigenvalue weighted by molar-refractivity contribution is -0.190. The van der Waals surface area contributed by atoms with Crippen LogP contribution in [0.2, 0.25) is 0 Å². The van der Waals surface area contributed by atoms with Gasteiger partial charge in [0.2, 0.25) is 0 Å². The largest absolute Gasteiger partial charge is 0.467 e. The van der Waals surface area contributed by atoms with Gasteiger partial charge in [0.05, 0.1) is 19.3 Å². The molecule has 10 atom stereocenters. The van der Waals surface area contributed by atoms with E-state index in [2.05, 4.69) is 26.5 Å². The third-order valence-corrected chi connectivity index (χ3v) is 11.2. The third-order valence-electron chi connectivity index (χ3n) is 11.2. The van der Waals surface area contributed by atoms with E-state index >= 15 is 0 Å². The molecule has 36 heavy (non-hydrogen) atoms. The first-order valence-electron chi connectivity index (χ1n) is 13.9. The normalized spacial score (nSPS) is 41.7. The summed E-state index contributed by atoms with van der Waals surface area (Å²) in [5.41, 5.74) is -0.932. The van der Waals surface area contributed by atoms with Crippen LogP contribution in [-0.4, -0.2) is 58.9 Å². The molecule has 4 saturated carbocycles. The number of aliphatic hydroxyl groups excluding tert-OH is 1. The number of hydrogen-bond donors (Lipinski definition) is 3. The maximum Gasteiger partial charge on any atom is 0.340 e. The van der Waals surface area contributed by atoms with Crippen molar-refractivity contribution in [2.75, 3.05) is 14.2 Å². The van der Waals surface area contributed by atoms with Crippen LogP contribution >= 0.6 is 0 Å². The molecule has 0 aromatic heterocycles. The Balaban J connectivity index is 1.47. The maximum atomic E-state index is 12.1. The summed E-state index contributed by atoms with van der Waals surface area (Å²) in [4.78, 5) is 12.1. The van der Waals surface area contributed by atoms with Gasteiger partial charge in [-0.2, -0.15) is 0 Å². The molecule has 6 nitrogen and oxygen atoms in total. The van der Waals surface area contributed by atoms with Gasteiger partial charge in [0.15, 0.2) is 5.60 Å². The molecule has 0 aromatic rings. The lowest BCUT2D eigenvalue weighted by Crippen LogP contribution is -2.56. The third kappa shape index (κ3) is 4.20. The summed E-state index contributed by atoms with van der Waals surface area (Å²) in [6, 6.07) is 0. The van der Waals surface area contributed by atoms with Gasteiger partial charge in [0, 0.05) is 12.5 Å². The second-order valence-electron chi connectivity index (χ2n) is 13.1. The van der Waals surface area contributed by atoms with E-state index in [0.29, 0.717) is 30.1 Å². The fourth-order valence-electron chi connectivity index (χ4n) is 8.50. The maximum absolute atomic E-state index is 12.1. The number of carbonyl (C=O) groups is 1. The highest BCUT2D eigenvalue weighted by molar-refractivity contribution is 5.80. The van der Waals surface area contributed by atoms with Crippen molar-refractivity contribution in [3.8, 4) is 0 Å². The minimum Gasteiger partial charge on any atom is -0.467 e. The molecule has 6 heteroatoms. The van der Waals surface area contributed by atoms with Crippen molar-refractivity contribution in [2.24, 2.45) is 34.5 Å². The predicted octanol–water partition coefficient (Wildman–Crippen LogP) is 4.56. The lowest BCUT2D eigenvalue weighted by Gasteiger charge is -2.45. The minimum absolute atomic E-state index is 0.0170. The van der Waals surface area contributed by atoms with E-state index in [9.17, 15) is 20.1 Å². The molecule has 3 N–H and O–H groups in total. The SMILES string of the molecule is C=C1C(O)C[C@H]2C[C@@]12[C@@H](/C=C1\CCC[C@]2(C)[C@@H]([C@H](C)CCC(C)(O)C(C)(O)C(=O)OC)CC[C@@H]12)OC. The van der Waals surface area contributed by atoms with Gasteiger partial charge in [-0.25, -0.2) is 4.79 Å². The van der Waals surface area contributed by atoms with Crippen LogP contribution in [0.1, 0.15) is 85.5 Å². The lowest BCUT2D eigenvalue weighted by atomic mass is 9.60. The molecule has 0 radical (unpaired) electrons. The number of esters is 1. The first kappa shape index (κ1) is 27.8. The van der Waals surface area contributed by atoms with Gasteiger partial charge in [-0.1, -0.05) is 32.1 Å². The van der Waals surface area contributed by atoms with Crippen molar-refractivity contribution in [3.63, 3.8) is 0 Å². The Morgan fingerprint density at radius 2 is 1.97 bits per heavy atom. The Morgan fingerprint density at radius 1 is 1.28 bits per heavy atom. The molecule has 4 rings (SSSR count). The zero-order valence-corrected chi connectivity index (χ0v) is 23.2. The van der Waals surface area contributed by atoms with Crippen LogP contribution < -0.4 is 0 Å². The molecule has 4 aliphatic rings. The van der Waals surface area contributed by atoms with Crippen LogP contribution in [0.4, 0.5) is 0 Å². The van der Waals surface area contributed by atoms with Crippen LogP contribution in [0.3, 0.4) is 0 Å². The van der Waals surface area contributed by atoms with Gasteiger partial charge in [0.1, 0.15) is 5.60 Å². The fourth-order valence-corrected chi connectivity index (χ4v) is 8.50. The van der Waals surface area contributed by atoms with Gasteiger partial charge < -0.3 is 24.8 Å². The number of aliphatic hydroxyl groups is 3. The monoisotopic (exact) mass is 504 g/mol. The summed E-state index contributed by atoms with van der Waals surface area (Å²) < 4.78 is 10.8. The van der Waals surface area contributed by atoms with E-state index in [1.165, 1.54) is 33.0 Å². The summed E-state index contributed by atoms with van der Waals surface area (Å²) in [5.74, 6) is 1.07. The van der Waals surface area contributed by atoms with Gasteiger partial charge in [-0.15, -0.1) is 0 Å². The van der Waals surface area contributed by atoms with E-state index in [-0.39, 0.29) is 16.9 Å². The van der Waals surface area contributed by atoms with Crippen LogP contribution in [0.15, 0.2) is 23.8 Å². The highest BCUT2D eigenvalue weighted by Crippen LogP contribution is 2.69. The van der Waals surface area contributed by atoms with Crippen LogP contribution in [0.5, 0.6) is 0 Å². The second kappa shape index (κ2) is 9.52. The highest BCUT2D eigenvalue weighted by Gasteiger charge is 2.66. The summed E-state index contributed by atoms with van der Waals surface area (Å²) in [6.45, 7) is 11.8. The summed E-state index contributed by atoms with van der Waals surface area (Å²) in [7, 11) is 3.02. The van der Waals surface area contributed by atoms with Gasteiger partial charge in [0.25, 0.3) is 0 Å². The molecule has 4 fully saturated rings. The molecule has 0 saturated heterocycles. The molecule has 3 unspecified atom stereocenters. The van der Waals surface area contributed by atoms with Gasteiger partial charge in [-0.05, 0) is 106 Å². The highest BCUT2D eigenvalue weighted by atomic mass is 16.5. The van der Waals surface area contributed by atoms with Crippen molar-refractivity contribution < 1.29 is 29.6 Å². The van der Waals surface area contributed by atoms with Crippen LogP contribution in [0, 0.1) is 34.5 Å². The first-order valence-corrected chi connectivity index (χ1v) is 13.9. The molecule has 4 aliphatic carbocycles. The Labute approximate surface area is 217 Å². The average molecular weight is 505 g/mol. The second-order valence-corrected chi connectivity index (χ2v) is 13.1. The molecule has 0 aliphatic heterocycles. The number of ether oxygens (including phenoxy) is 2. The molecule has 0 spiro atoms. The first-order chi connectivity index (χ1) is 16.8. The summed E-state index contributed by atoms with van der Waals surface area (Å²) in [5, 5.41) is 32.0. The number of carbonyl (C=O) groups excluding carboxylic acids is 1. The molecule has 204 valence electrons. The number of hydrogen-bond acceptors (Lipinski definition) is 6. The quantitative estimate of drug-likeness (QED) is 0.315. The molecule has 0 bridgehead atoms. The zero-order valence-electron chi connectivity index (χ0n) is 23.2. The van der Waals surface area contributed by atoms with Crippen molar-refractivity contribution in [2.45, 2.75) is 109 Å². The van der Waals surface area contributed by atoms with Crippen molar-refractivity contribution in [1.82, 2.24) is 0 Å². The van der Waals surface area contributed by atoms with Crippen molar-refractivity contribution in [3.05, 3.63) is 23.8 Å². The molecule has 0 amide bonds. The smallest absolute Gasteiger partial charge is 0.340 e. The standard InChI is InChI=1S/C30H48O6/c1-18(12-14-28(4,33)29(5,34)26(32)36-7)22-10-11-23-20(9-8-13-27(22,23)3)15-25(35-6)30-17-21(30)16-24(31)19(30)2/h15,18,21-25,31,33-34H,2,8-14,16-17H2,1,3-7H3/b20-15+/t18-,21+,22-,23+,24?,25-,27-,28?,29?,30-/m1/s1. The fraction of sp³-hybridized carbons (Fsp3) is 0.833. The Kier molecular flexibility index (Phi) is 7.35. The van der Waals surface area contributed by atoms with E-state index < -0.39 is 23.3 Å². The number of fused-ring (bicyclic) bond motifs is 2. The van der Waals surface area contributed by atoms with Gasteiger partial charge in [-0.3, -0.25) is 0 Å². The zero-order chi connectivity index (χ0) is 26.7. The van der Waals surface area contributed by atoms with E-state index in [0.717, 1.165) is 50.5 Å².